The van der Waals surface area contributed by atoms with Crippen LogP contribution in [0.5, 0.6) is 0 Å². The Bertz CT molecular complexity index is 285. The van der Waals surface area contributed by atoms with Gasteiger partial charge in [0.1, 0.15) is 0 Å². The van der Waals surface area contributed by atoms with E-state index in [4.69, 9.17) is 4.74 Å². The second-order valence-electron chi connectivity index (χ2n) is 4.68. The third-order valence-electron chi connectivity index (χ3n) is 2.67. The molecule has 0 atom stereocenters. The van der Waals surface area contributed by atoms with Gasteiger partial charge in [-0.3, -0.25) is 0 Å². The first kappa shape index (κ1) is 12.3. The first-order chi connectivity index (χ1) is 7.03. The minimum absolute atomic E-state index is 0.000361. The van der Waals surface area contributed by atoms with E-state index in [9.17, 15) is 0 Å². The molecule has 1 aromatic rings. The molecule has 1 rings (SSSR count). The molecular formula is C14H22O. The number of rotatable bonds is 5. The van der Waals surface area contributed by atoms with Gasteiger partial charge in [-0.25, -0.2) is 0 Å². The molecule has 0 bridgehead atoms. The van der Waals surface area contributed by atoms with Crippen LogP contribution in [-0.4, -0.2) is 12.2 Å². The Morgan fingerprint density at radius 3 is 2.27 bits per heavy atom. The van der Waals surface area contributed by atoms with Crippen molar-refractivity contribution in [2.24, 2.45) is 0 Å². The van der Waals surface area contributed by atoms with Gasteiger partial charge in [-0.05, 0) is 46.1 Å². The average Bonchev–Trinajstić information content (AvgIpc) is 2.17. The van der Waals surface area contributed by atoms with E-state index in [2.05, 4.69) is 45.0 Å². The molecule has 0 fully saturated rings. The van der Waals surface area contributed by atoms with Crippen molar-refractivity contribution in [1.29, 1.82) is 0 Å². The average molecular weight is 206 g/mol. The molecule has 1 nitrogen and oxygen atoms in total. The Kier molecular flexibility index (Phi) is 4.34. The van der Waals surface area contributed by atoms with Crippen LogP contribution in [0.15, 0.2) is 24.3 Å². The summed E-state index contributed by atoms with van der Waals surface area (Å²) in [6.45, 7) is 9.28. The van der Waals surface area contributed by atoms with Crippen LogP contribution in [0.3, 0.4) is 0 Å². The van der Waals surface area contributed by atoms with Gasteiger partial charge in [0, 0.05) is 6.61 Å². The highest BCUT2D eigenvalue weighted by Gasteiger charge is 2.16. The summed E-state index contributed by atoms with van der Waals surface area (Å²) < 4.78 is 5.67. The maximum Gasteiger partial charge on any atom is 0.0629 e. The second-order valence-corrected chi connectivity index (χ2v) is 4.68. The Labute approximate surface area is 93.5 Å². The predicted octanol–water partition coefficient (Wildman–Crippen LogP) is 3.74. The normalized spacial score (nSPS) is 11.7. The van der Waals surface area contributed by atoms with Crippen molar-refractivity contribution in [3.63, 3.8) is 0 Å². The van der Waals surface area contributed by atoms with Crippen LogP contribution in [0.25, 0.3) is 0 Å². The molecule has 1 aromatic carbocycles. The number of ether oxygens (including phenoxy) is 1. The zero-order valence-corrected chi connectivity index (χ0v) is 10.3. The smallest absolute Gasteiger partial charge is 0.0629 e. The van der Waals surface area contributed by atoms with Crippen molar-refractivity contribution in [3.05, 3.63) is 35.4 Å². The predicted molar refractivity (Wildman–Crippen MR) is 65.2 cm³/mol. The highest BCUT2D eigenvalue weighted by atomic mass is 16.5. The van der Waals surface area contributed by atoms with E-state index in [1.165, 1.54) is 11.1 Å². The summed E-state index contributed by atoms with van der Waals surface area (Å²) in [5.41, 5.74) is 2.72. The minimum atomic E-state index is -0.000361. The Hall–Kier alpha value is -0.820. The van der Waals surface area contributed by atoms with Gasteiger partial charge in [0.05, 0.1) is 5.60 Å². The van der Waals surface area contributed by atoms with Gasteiger partial charge >= 0.3 is 0 Å². The minimum Gasteiger partial charge on any atom is -0.376 e. The van der Waals surface area contributed by atoms with E-state index in [0.29, 0.717) is 0 Å². The van der Waals surface area contributed by atoms with E-state index < -0.39 is 0 Å². The highest BCUT2D eigenvalue weighted by Crippen LogP contribution is 2.17. The number of aryl methyl sites for hydroxylation is 2. The molecule has 0 aliphatic carbocycles. The number of hydrogen-bond donors (Lipinski definition) is 0. The van der Waals surface area contributed by atoms with E-state index in [1.54, 1.807) is 0 Å². The molecule has 0 amide bonds. The van der Waals surface area contributed by atoms with Gasteiger partial charge in [0.15, 0.2) is 0 Å². The van der Waals surface area contributed by atoms with Crippen molar-refractivity contribution in [2.45, 2.75) is 46.1 Å². The lowest BCUT2D eigenvalue weighted by molar-refractivity contribution is -0.0158. The Morgan fingerprint density at radius 1 is 1.13 bits per heavy atom. The molecule has 0 unspecified atom stereocenters. The molecule has 0 radical (unpaired) electrons. The SMILES string of the molecule is CCOC(C)(C)CCc1ccc(C)cc1. The Morgan fingerprint density at radius 2 is 1.73 bits per heavy atom. The molecule has 0 N–H and O–H groups in total. The molecule has 0 aromatic heterocycles. The molecule has 0 saturated heterocycles. The van der Waals surface area contributed by atoms with E-state index in [0.717, 1.165) is 19.4 Å². The van der Waals surface area contributed by atoms with Gasteiger partial charge in [-0.15, -0.1) is 0 Å². The van der Waals surface area contributed by atoms with Gasteiger partial charge in [0.25, 0.3) is 0 Å². The summed E-state index contributed by atoms with van der Waals surface area (Å²) in [6.07, 6.45) is 2.16. The maximum absolute atomic E-state index is 5.67. The fourth-order valence-electron chi connectivity index (χ4n) is 1.66. The monoisotopic (exact) mass is 206 g/mol. The highest BCUT2D eigenvalue weighted by molar-refractivity contribution is 5.21. The second kappa shape index (κ2) is 5.32. The third kappa shape index (κ3) is 4.48. The summed E-state index contributed by atoms with van der Waals surface area (Å²) in [6, 6.07) is 8.75. The van der Waals surface area contributed by atoms with Gasteiger partial charge in [-0.2, -0.15) is 0 Å². The lowest BCUT2D eigenvalue weighted by Crippen LogP contribution is -2.25. The first-order valence-electron chi connectivity index (χ1n) is 5.73. The maximum atomic E-state index is 5.67. The largest absolute Gasteiger partial charge is 0.376 e. The quantitative estimate of drug-likeness (QED) is 0.713. The topological polar surface area (TPSA) is 9.23 Å². The van der Waals surface area contributed by atoms with Gasteiger partial charge in [0.2, 0.25) is 0 Å². The molecule has 0 heterocycles. The van der Waals surface area contributed by atoms with E-state index in [1.807, 2.05) is 6.92 Å². The number of hydrogen-bond acceptors (Lipinski definition) is 1. The molecule has 0 saturated carbocycles. The molecule has 84 valence electrons. The number of benzene rings is 1. The lowest BCUT2D eigenvalue weighted by Gasteiger charge is -2.24. The zero-order chi connectivity index (χ0) is 11.3. The molecule has 0 aliphatic rings. The summed E-state index contributed by atoms with van der Waals surface area (Å²) in [5.74, 6) is 0. The van der Waals surface area contributed by atoms with Gasteiger partial charge < -0.3 is 4.74 Å². The standard InChI is InChI=1S/C14H22O/c1-5-15-14(3,4)11-10-13-8-6-12(2)7-9-13/h6-9H,5,10-11H2,1-4H3. The van der Waals surface area contributed by atoms with Crippen LogP contribution in [-0.2, 0) is 11.2 Å². The fourth-order valence-corrected chi connectivity index (χ4v) is 1.66. The van der Waals surface area contributed by atoms with Crippen molar-refractivity contribution >= 4 is 0 Å². The van der Waals surface area contributed by atoms with Gasteiger partial charge in [-0.1, -0.05) is 29.8 Å². The van der Waals surface area contributed by atoms with E-state index >= 15 is 0 Å². The van der Waals surface area contributed by atoms with Crippen LogP contribution < -0.4 is 0 Å². The van der Waals surface area contributed by atoms with Crippen molar-refractivity contribution < 1.29 is 4.74 Å². The summed E-state index contributed by atoms with van der Waals surface area (Å²) >= 11 is 0. The molecule has 0 spiro atoms. The van der Waals surface area contributed by atoms with Crippen molar-refractivity contribution in [2.75, 3.05) is 6.61 Å². The van der Waals surface area contributed by atoms with E-state index in [-0.39, 0.29) is 5.60 Å². The lowest BCUT2D eigenvalue weighted by atomic mass is 9.98. The Balaban J connectivity index is 2.46. The molecular weight excluding hydrogens is 184 g/mol. The van der Waals surface area contributed by atoms with Crippen LogP contribution in [0.2, 0.25) is 0 Å². The van der Waals surface area contributed by atoms with Crippen molar-refractivity contribution in [3.8, 4) is 0 Å². The third-order valence-corrected chi connectivity index (χ3v) is 2.67. The van der Waals surface area contributed by atoms with Crippen LogP contribution in [0.1, 0.15) is 38.3 Å². The zero-order valence-electron chi connectivity index (χ0n) is 10.3. The van der Waals surface area contributed by atoms with Crippen molar-refractivity contribution in [1.82, 2.24) is 0 Å². The molecule has 15 heavy (non-hydrogen) atoms. The van der Waals surface area contributed by atoms with Crippen LogP contribution in [0.4, 0.5) is 0 Å². The fraction of sp³-hybridized carbons (Fsp3) is 0.571. The summed E-state index contributed by atoms with van der Waals surface area (Å²) in [4.78, 5) is 0. The summed E-state index contributed by atoms with van der Waals surface area (Å²) in [5, 5.41) is 0. The van der Waals surface area contributed by atoms with Crippen LogP contribution >= 0.6 is 0 Å². The summed E-state index contributed by atoms with van der Waals surface area (Å²) in [7, 11) is 0. The van der Waals surface area contributed by atoms with Crippen LogP contribution in [0, 0.1) is 6.92 Å². The molecule has 0 aliphatic heterocycles. The first-order valence-corrected chi connectivity index (χ1v) is 5.73. The molecule has 1 heteroatoms.